The lowest BCUT2D eigenvalue weighted by Crippen LogP contribution is -2.15. The topological polar surface area (TPSA) is 34.0 Å². The Bertz CT molecular complexity index is 538. The van der Waals surface area contributed by atoms with Crippen LogP contribution in [0.1, 0.15) is 47.9 Å². The number of aldehydes is 1. The van der Waals surface area contributed by atoms with Crippen molar-refractivity contribution in [3.05, 3.63) is 36.2 Å². The van der Waals surface area contributed by atoms with Gasteiger partial charge in [-0.1, -0.05) is 26.2 Å². The zero-order chi connectivity index (χ0) is 15.4. The van der Waals surface area contributed by atoms with Gasteiger partial charge in [0.05, 0.1) is 11.4 Å². The quantitative estimate of drug-likeness (QED) is 0.704. The molecule has 0 bridgehead atoms. The lowest BCUT2D eigenvalue weighted by Gasteiger charge is -2.19. The molecule has 0 amide bonds. The smallest absolute Gasteiger partial charge is 0.166 e. The van der Waals surface area contributed by atoms with Gasteiger partial charge >= 0.3 is 0 Å². The Kier molecular flexibility index (Phi) is 5.18. The van der Waals surface area contributed by atoms with E-state index in [-0.39, 0.29) is 0 Å². The lowest BCUT2D eigenvalue weighted by atomic mass is 9.94. The van der Waals surface area contributed by atoms with Crippen LogP contribution in [-0.4, -0.2) is 24.4 Å². The van der Waals surface area contributed by atoms with E-state index in [4.69, 9.17) is 0 Å². The molecule has 0 saturated heterocycles. The molecule has 3 nitrogen and oxygen atoms in total. The number of hydrogen-bond acceptors (Lipinski definition) is 2. The maximum absolute atomic E-state index is 11.4. The van der Waals surface area contributed by atoms with Crippen molar-refractivity contribution in [3.63, 3.8) is 0 Å². The summed E-state index contributed by atoms with van der Waals surface area (Å²) >= 11 is 0. The van der Waals surface area contributed by atoms with Crippen molar-refractivity contribution < 1.29 is 4.79 Å². The van der Waals surface area contributed by atoms with Crippen molar-refractivity contribution in [2.24, 2.45) is 11.8 Å². The highest BCUT2D eigenvalue weighted by Gasteiger charge is 2.26. The van der Waals surface area contributed by atoms with Gasteiger partial charge in [0, 0.05) is 12.1 Å². The monoisotopic (exact) mass is 286 g/mol. The van der Waals surface area contributed by atoms with Crippen LogP contribution in [0, 0.1) is 11.8 Å². The number of carbonyl (C=O) groups excluding carboxylic acids is 1. The second-order valence-electron chi connectivity index (χ2n) is 6.07. The summed E-state index contributed by atoms with van der Waals surface area (Å²) in [5.74, 6) is 1.09. The van der Waals surface area contributed by atoms with Crippen LogP contribution in [0.2, 0.25) is 0 Å². The second kappa shape index (κ2) is 6.90. The standard InChI is InChI=1S/C18H26N2O/c1-5-16-10-17(12-21)20(11-15-6-7-15)18(16)14(3)13(2)8-9-19-4/h5,10,12-13,15,19H,1,3,6-9,11H2,2,4H3. The van der Waals surface area contributed by atoms with E-state index in [2.05, 4.69) is 30.0 Å². The third-order valence-corrected chi connectivity index (χ3v) is 4.36. The minimum absolute atomic E-state index is 0.378. The number of hydrogen-bond donors (Lipinski definition) is 1. The first-order valence-corrected chi connectivity index (χ1v) is 7.77. The minimum atomic E-state index is 0.378. The van der Waals surface area contributed by atoms with E-state index in [9.17, 15) is 4.79 Å². The van der Waals surface area contributed by atoms with Crippen LogP contribution in [-0.2, 0) is 6.54 Å². The van der Waals surface area contributed by atoms with E-state index >= 15 is 0 Å². The zero-order valence-electron chi connectivity index (χ0n) is 13.2. The Morgan fingerprint density at radius 1 is 1.57 bits per heavy atom. The van der Waals surface area contributed by atoms with Crippen molar-refractivity contribution in [3.8, 4) is 0 Å². The summed E-state index contributed by atoms with van der Waals surface area (Å²) in [5, 5.41) is 3.18. The van der Waals surface area contributed by atoms with E-state index in [1.54, 1.807) is 0 Å². The molecular formula is C18H26N2O. The van der Waals surface area contributed by atoms with Gasteiger partial charge < -0.3 is 9.88 Å². The molecule has 1 aromatic heterocycles. The van der Waals surface area contributed by atoms with Crippen LogP contribution in [0.5, 0.6) is 0 Å². The van der Waals surface area contributed by atoms with Crippen LogP contribution in [0.4, 0.5) is 0 Å². The van der Waals surface area contributed by atoms with Gasteiger partial charge in [-0.25, -0.2) is 0 Å². The molecule has 21 heavy (non-hydrogen) atoms. The number of allylic oxidation sites excluding steroid dienone is 1. The fourth-order valence-corrected chi connectivity index (χ4v) is 2.73. The Balaban J connectivity index is 2.34. The van der Waals surface area contributed by atoms with Crippen LogP contribution >= 0.6 is 0 Å². The average Bonchev–Trinajstić information content (AvgIpc) is 3.24. The predicted molar refractivity (Wildman–Crippen MR) is 89.4 cm³/mol. The normalized spacial score (nSPS) is 15.7. The van der Waals surface area contributed by atoms with E-state index < -0.39 is 0 Å². The molecule has 1 heterocycles. The highest BCUT2D eigenvalue weighted by Crippen LogP contribution is 2.35. The number of carbonyl (C=O) groups is 1. The van der Waals surface area contributed by atoms with E-state index in [0.717, 1.165) is 48.3 Å². The Morgan fingerprint density at radius 3 is 2.81 bits per heavy atom. The molecule has 0 aromatic carbocycles. The van der Waals surface area contributed by atoms with E-state index in [1.807, 2.05) is 19.2 Å². The molecule has 114 valence electrons. The van der Waals surface area contributed by atoms with Crippen molar-refractivity contribution in [1.29, 1.82) is 0 Å². The van der Waals surface area contributed by atoms with Crippen LogP contribution in [0.3, 0.4) is 0 Å². The van der Waals surface area contributed by atoms with Gasteiger partial charge in [-0.2, -0.15) is 0 Å². The summed E-state index contributed by atoms with van der Waals surface area (Å²) in [7, 11) is 1.96. The first kappa shape index (κ1) is 15.8. The average molecular weight is 286 g/mol. The van der Waals surface area contributed by atoms with Gasteiger partial charge in [-0.3, -0.25) is 4.79 Å². The van der Waals surface area contributed by atoms with Gasteiger partial charge in [-0.15, -0.1) is 0 Å². The van der Waals surface area contributed by atoms with Crippen molar-refractivity contribution in [2.45, 2.75) is 32.7 Å². The summed E-state index contributed by atoms with van der Waals surface area (Å²) in [5.41, 5.74) is 3.98. The fraction of sp³-hybridized carbons (Fsp3) is 0.500. The maximum Gasteiger partial charge on any atom is 0.166 e. The largest absolute Gasteiger partial charge is 0.338 e. The molecule has 1 fully saturated rings. The van der Waals surface area contributed by atoms with Gasteiger partial charge in [0.1, 0.15) is 0 Å². The Hall–Kier alpha value is -1.61. The second-order valence-corrected chi connectivity index (χ2v) is 6.07. The molecule has 3 heteroatoms. The Morgan fingerprint density at radius 2 is 2.29 bits per heavy atom. The van der Waals surface area contributed by atoms with Crippen LogP contribution in [0.25, 0.3) is 11.6 Å². The third-order valence-electron chi connectivity index (χ3n) is 4.36. The first-order chi connectivity index (χ1) is 10.1. The summed E-state index contributed by atoms with van der Waals surface area (Å²) in [4.78, 5) is 11.4. The summed E-state index contributed by atoms with van der Waals surface area (Å²) in [6, 6.07) is 1.94. The van der Waals surface area contributed by atoms with E-state index in [1.165, 1.54) is 12.8 Å². The third kappa shape index (κ3) is 3.53. The zero-order valence-corrected chi connectivity index (χ0v) is 13.2. The van der Waals surface area contributed by atoms with Gasteiger partial charge in [0.25, 0.3) is 0 Å². The predicted octanol–water partition coefficient (Wildman–Crippen LogP) is 3.61. The Labute approximate surface area is 127 Å². The van der Waals surface area contributed by atoms with Gasteiger partial charge in [0.2, 0.25) is 0 Å². The minimum Gasteiger partial charge on any atom is -0.338 e. The number of rotatable bonds is 9. The van der Waals surface area contributed by atoms with Crippen LogP contribution < -0.4 is 5.32 Å². The molecule has 2 rings (SSSR count). The maximum atomic E-state index is 11.4. The summed E-state index contributed by atoms with van der Waals surface area (Å²) in [6.45, 7) is 12.3. The molecule has 1 atom stereocenters. The lowest BCUT2D eigenvalue weighted by molar-refractivity contribution is 0.111. The van der Waals surface area contributed by atoms with Crippen LogP contribution in [0.15, 0.2) is 19.2 Å². The number of nitrogens with zero attached hydrogens (tertiary/aromatic N) is 1. The van der Waals surface area contributed by atoms with E-state index in [0.29, 0.717) is 11.8 Å². The van der Waals surface area contributed by atoms with Crippen molar-refractivity contribution in [2.75, 3.05) is 13.6 Å². The first-order valence-electron chi connectivity index (χ1n) is 7.77. The van der Waals surface area contributed by atoms with Gasteiger partial charge in [-0.05, 0) is 56.3 Å². The molecule has 1 aromatic rings. The molecule has 1 aliphatic rings. The van der Waals surface area contributed by atoms with Crippen molar-refractivity contribution in [1.82, 2.24) is 9.88 Å². The molecule has 0 spiro atoms. The summed E-state index contributed by atoms with van der Waals surface area (Å²) in [6.07, 6.45) is 6.35. The fourth-order valence-electron chi connectivity index (χ4n) is 2.73. The highest BCUT2D eigenvalue weighted by atomic mass is 16.1. The molecule has 1 unspecified atom stereocenters. The highest BCUT2D eigenvalue weighted by molar-refractivity contribution is 5.81. The SMILES string of the molecule is C=Cc1cc(C=O)n(CC2CC2)c1C(=C)C(C)CCNC. The molecule has 0 aliphatic heterocycles. The summed E-state index contributed by atoms with van der Waals surface area (Å²) < 4.78 is 2.15. The van der Waals surface area contributed by atoms with Gasteiger partial charge in [0.15, 0.2) is 6.29 Å². The number of nitrogens with one attached hydrogen (secondary N) is 1. The molecule has 1 saturated carbocycles. The van der Waals surface area contributed by atoms with Crippen molar-refractivity contribution >= 4 is 17.9 Å². The number of aromatic nitrogens is 1. The molecule has 1 N–H and O–H groups in total. The molecular weight excluding hydrogens is 260 g/mol. The molecule has 1 aliphatic carbocycles. The molecule has 0 radical (unpaired) electrons.